The number of benzene rings is 2. The highest BCUT2D eigenvalue weighted by Gasteiger charge is 2.42. The molecule has 1 aliphatic rings. The average molecular weight is 463 g/mol. The van der Waals surface area contributed by atoms with E-state index in [2.05, 4.69) is 6.92 Å². The summed E-state index contributed by atoms with van der Waals surface area (Å²) in [4.78, 5) is 29.8. The fourth-order valence-corrected chi connectivity index (χ4v) is 3.93. The largest absolute Gasteiger partial charge is 0.503 e. The molecule has 1 heterocycles. The minimum absolute atomic E-state index is 0.0964. The second kappa shape index (κ2) is 12.2. The molecule has 180 valence electrons. The maximum atomic E-state index is 13.2. The summed E-state index contributed by atoms with van der Waals surface area (Å²) in [6.45, 7) is 3.73. The lowest BCUT2D eigenvalue weighted by Crippen LogP contribution is -2.36. The third-order valence-electron chi connectivity index (χ3n) is 5.77. The molecule has 1 unspecified atom stereocenters. The van der Waals surface area contributed by atoms with Crippen LogP contribution in [0.4, 0.5) is 0 Å². The molecule has 1 aliphatic heterocycles. The van der Waals surface area contributed by atoms with Crippen molar-refractivity contribution in [3.63, 3.8) is 0 Å². The maximum Gasteiger partial charge on any atom is 0.290 e. The monoisotopic (exact) mass is 462 g/mol. The van der Waals surface area contributed by atoms with Gasteiger partial charge in [-0.25, -0.2) is 0 Å². The number of unbranched alkanes of at least 4 members (excludes halogenated alkanes) is 2. The molecular formula is C28H34N2O4. The number of amides is 1. The second-order valence-corrected chi connectivity index (χ2v) is 8.70. The molecule has 1 N–H and O–H groups in total. The third-order valence-corrected chi connectivity index (χ3v) is 5.77. The van der Waals surface area contributed by atoms with Gasteiger partial charge in [0.25, 0.3) is 5.91 Å². The van der Waals surface area contributed by atoms with Crippen LogP contribution < -0.4 is 4.74 Å². The normalized spacial score (nSPS) is 16.2. The Morgan fingerprint density at radius 2 is 1.88 bits per heavy atom. The molecular weight excluding hydrogens is 428 g/mol. The van der Waals surface area contributed by atoms with Gasteiger partial charge in [0.05, 0.1) is 18.2 Å². The average Bonchev–Trinajstić information content (AvgIpc) is 3.09. The van der Waals surface area contributed by atoms with Gasteiger partial charge in [-0.05, 0) is 49.9 Å². The Morgan fingerprint density at radius 1 is 1.12 bits per heavy atom. The first-order chi connectivity index (χ1) is 16.4. The molecule has 3 rings (SSSR count). The van der Waals surface area contributed by atoms with Gasteiger partial charge in [0, 0.05) is 13.1 Å². The predicted molar refractivity (Wildman–Crippen MR) is 135 cm³/mol. The van der Waals surface area contributed by atoms with Gasteiger partial charge in [-0.3, -0.25) is 9.59 Å². The Morgan fingerprint density at radius 3 is 2.59 bits per heavy atom. The lowest BCUT2D eigenvalue weighted by atomic mass is 9.95. The number of hydrogen-bond acceptors (Lipinski definition) is 5. The molecule has 6 nitrogen and oxygen atoms in total. The van der Waals surface area contributed by atoms with Crippen LogP contribution in [0.5, 0.6) is 5.75 Å². The van der Waals surface area contributed by atoms with Crippen LogP contribution in [-0.2, 0) is 9.59 Å². The van der Waals surface area contributed by atoms with Crippen molar-refractivity contribution in [3.05, 3.63) is 83.1 Å². The zero-order valence-corrected chi connectivity index (χ0v) is 20.2. The Bertz CT molecular complexity index is 1040. The molecule has 6 heteroatoms. The zero-order valence-electron chi connectivity index (χ0n) is 20.2. The van der Waals surface area contributed by atoms with Crippen LogP contribution in [0.15, 0.2) is 72.0 Å². The van der Waals surface area contributed by atoms with E-state index in [9.17, 15) is 14.7 Å². The van der Waals surface area contributed by atoms with Crippen LogP contribution in [0, 0.1) is 0 Å². The van der Waals surface area contributed by atoms with Gasteiger partial charge in [-0.15, -0.1) is 0 Å². The summed E-state index contributed by atoms with van der Waals surface area (Å²) < 4.78 is 5.91. The summed E-state index contributed by atoms with van der Waals surface area (Å²) in [5, 5.41) is 10.8. The SMILES string of the molecule is CCCCCOc1cccc(C2C(C(=O)C=Cc3ccccc3)=C(O)C(=O)N2CCN(C)C)c1. The number of carbonyl (C=O) groups is 2. The Labute approximate surface area is 202 Å². The molecule has 0 fully saturated rings. The number of likely N-dealkylation sites (N-methyl/N-ethyl adjacent to an activating group) is 1. The minimum Gasteiger partial charge on any atom is -0.503 e. The third kappa shape index (κ3) is 6.35. The molecule has 2 aromatic rings. The number of carbonyl (C=O) groups excluding carboxylic acids is 2. The van der Waals surface area contributed by atoms with Crippen LogP contribution >= 0.6 is 0 Å². The number of aliphatic hydroxyl groups excluding tert-OH is 1. The number of ketones is 1. The molecule has 0 spiro atoms. The minimum atomic E-state index is -0.681. The molecule has 0 bridgehead atoms. The lowest BCUT2D eigenvalue weighted by Gasteiger charge is -2.28. The summed E-state index contributed by atoms with van der Waals surface area (Å²) in [7, 11) is 3.84. The van der Waals surface area contributed by atoms with Crippen LogP contribution in [0.1, 0.15) is 43.4 Å². The number of nitrogens with zero attached hydrogens (tertiary/aromatic N) is 2. The van der Waals surface area contributed by atoms with E-state index in [0.29, 0.717) is 25.4 Å². The molecule has 0 saturated heterocycles. The van der Waals surface area contributed by atoms with E-state index in [1.54, 1.807) is 11.0 Å². The van der Waals surface area contributed by atoms with Gasteiger partial charge >= 0.3 is 0 Å². The molecule has 34 heavy (non-hydrogen) atoms. The summed E-state index contributed by atoms with van der Waals surface area (Å²) in [5.41, 5.74) is 1.70. The van der Waals surface area contributed by atoms with E-state index in [1.807, 2.05) is 73.6 Å². The highest BCUT2D eigenvalue weighted by molar-refractivity contribution is 6.14. The van der Waals surface area contributed by atoms with E-state index in [1.165, 1.54) is 6.08 Å². The van der Waals surface area contributed by atoms with Crippen molar-refractivity contribution in [2.45, 2.75) is 32.2 Å². The molecule has 0 aromatic heterocycles. The van der Waals surface area contributed by atoms with E-state index < -0.39 is 17.7 Å². The number of allylic oxidation sites excluding steroid dienone is 1. The van der Waals surface area contributed by atoms with E-state index in [4.69, 9.17) is 4.74 Å². The standard InChI is InChI=1S/C28H34N2O4/c1-4-5-9-19-34-23-14-10-13-22(20-23)26-25(24(31)16-15-21-11-7-6-8-12-21)27(32)28(33)30(26)18-17-29(2)3/h6-8,10-16,20,26,32H,4-5,9,17-19H2,1-3H3. The molecule has 1 atom stereocenters. The van der Waals surface area contributed by atoms with Crippen molar-refractivity contribution in [2.75, 3.05) is 33.8 Å². The number of hydrogen-bond donors (Lipinski definition) is 1. The Kier molecular flexibility index (Phi) is 9.05. The first kappa shape index (κ1) is 25.2. The summed E-state index contributed by atoms with van der Waals surface area (Å²) in [6.07, 6.45) is 6.28. The first-order valence-electron chi connectivity index (χ1n) is 11.8. The van der Waals surface area contributed by atoms with Crippen molar-refractivity contribution in [3.8, 4) is 5.75 Å². The van der Waals surface area contributed by atoms with Crippen molar-refractivity contribution >= 4 is 17.8 Å². The van der Waals surface area contributed by atoms with Gasteiger partial charge in [0.2, 0.25) is 0 Å². The Balaban J connectivity index is 1.92. The molecule has 2 aromatic carbocycles. The predicted octanol–water partition coefficient (Wildman–Crippen LogP) is 4.80. The lowest BCUT2D eigenvalue weighted by molar-refractivity contribution is -0.129. The smallest absolute Gasteiger partial charge is 0.290 e. The quantitative estimate of drug-likeness (QED) is 0.363. The highest BCUT2D eigenvalue weighted by Crippen LogP contribution is 2.38. The van der Waals surface area contributed by atoms with E-state index in [-0.39, 0.29) is 11.4 Å². The zero-order chi connectivity index (χ0) is 24.5. The maximum absolute atomic E-state index is 13.2. The fraction of sp³-hybridized carbons (Fsp3) is 0.357. The van der Waals surface area contributed by atoms with Gasteiger partial charge in [0.1, 0.15) is 5.75 Å². The summed E-state index contributed by atoms with van der Waals surface area (Å²) in [5.74, 6) is -0.716. The molecule has 1 amide bonds. The second-order valence-electron chi connectivity index (χ2n) is 8.70. The number of aliphatic hydroxyl groups is 1. The van der Waals surface area contributed by atoms with Gasteiger partial charge in [-0.1, -0.05) is 68.3 Å². The van der Waals surface area contributed by atoms with E-state index in [0.717, 1.165) is 30.4 Å². The van der Waals surface area contributed by atoms with Crippen LogP contribution in [0.25, 0.3) is 6.08 Å². The molecule has 0 saturated carbocycles. The van der Waals surface area contributed by atoms with Gasteiger partial charge in [0.15, 0.2) is 11.5 Å². The van der Waals surface area contributed by atoms with Crippen molar-refractivity contribution < 1.29 is 19.4 Å². The van der Waals surface area contributed by atoms with Crippen LogP contribution in [0.2, 0.25) is 0 Å². The van der Waals surface area contributed by atoms with Crippen molar-refractivity contribution in [1.29, 1.82) is 0 Å². The first-order valence-corrected chi connectivity index (χ1v) is 11.8. The van der Waals surface area contributed by atoms with Gasteiger partial charge < -0.3 is 19.6 Å². The van der Waals surface area contributed by atoms with Gasteiger partial charge in [-0.2, -0.15) is 0 Å². The van der Waals surface area contributed by atoms with Crippen LogP contribution in [-0.4, -0.2) is 60.4 Å². The van der Waals surface area contributed by atoms with Crippen LogP contribution in [0.3, 0.4) is 0 Å². The highest BCUT2D eigenvalue weighted by atomic mass is 16.5. The summed E-state index contributed by atoms with van der Waals surface area (Å²) in [6, 6.07) is 16.2. The van der Waals surface area contributed by atoms with E-state index >= 15 is 0 Å². The molecule has 0 radical (unpaired) electrons. The Hall–Kier alpha value is -3.38. The summed E-state index contributed by atoms with van der Waals surface area (Å²) >= 11 is 0. The number of rotatable bonds is 12. The van der Waals surface area contributed by atoms with Crippen molar-refractivity contribution in [2.24, 2.45) is 0 Å². The number of ether oxygens (including phenoxy) is 1. The molecule has 0 aliphatic carbocycles. The topological polar surface area (TPSA) is 70.1 Å². The van der Waals surface area contributed by atoms with Crippen molar-refractivity contribution in [1.82, 2.24) is 9.80 Å². The fourth-order valence-electron chi connectivity index (χ4n) is 3.93.